The Kier molecular flexibility index (Phi) is 9.35. The fourth-order valence-electron chi connectivity index (χ4n) is 4.04. The first-order valence-corrected chi connectivity index (χ1v) is 8.86. The van der Waals surface area contributed by atoms with Gasteiger partial charge < -0.3 is 16.0 Å². The Hall–Kier alpha value is -0.550. The van der Waals surface area contributed by atoms with Crippen LogP contribution in [0, 0.1) is 12.3 Å². The second-order valence-corrected chi connectivity index (χ2v) is 7.10. The Morgan fingerprint density at radius 3 is 2.50 bits per heavy atom. The summed E-state index contributed by atoms with van der Waals surface area (Å²) in [7, 11) is 0. The maximum Gasteiger partial charge on any atom is 0.0401 e. The average Bonchev–Trinajstić information content (AvgIpc) is 2.56. The van der Waals surface area contributed by atoms with E-state index >= 15 is 0 Å². The Balaban J connectivity index is 0.00000144. The molecule has 1 spiro atoms. The van der Waals surface area contributed by atoms with E-state index in [9.17, 15) is 0 Å². The number of nitrogens with zero attached hydrogens (tertiary/aromatic N) is 1. The van der Waals surface area contributed by atoms with E-state index in [0.717, 1.165) is 19.1 Å². The first-order valence-electron chi connectivity index (χ1n) is 8.86. The minimum absolute atomic E-state index is 0. The number of nitrogens with one attached hydrogen (secondary N) is 3. The van der Waals surface area contributed by atoms with Gasteiger partial charge in [0, 0.05) is 37.2 Å². The van der Waals surface area contributed by atoms with Gasteiger partial charge in [-0.15, -0.1) is 24.8 Å². The molecule has 1 aromatic heterocycles. The number of piperidine rings is 1. The van der Waals surface area contributed by atoms with Crippen molar-refractivity contribution in [1.82, 2.24) is 15.6 Å². The molecular formula is C18H32Cl2N4. The van der Waals surface area contributed by atoms with E-state index in [-0.39, 0.29) is 24.8 Å². The van der Waals surface area contributed by atoms with Gasteiger partial charge in [0.1, 0.15) is 0 Å². The molecule has 0 amide bonds. The lowest BCUT2D eigenvalue weighted by atomic mass is 9.67. The van der Waals surface area contributed by atoms with Crippen LogP contribution in [0.1, 0.15) is 44.1 Å². The standard InChI is InChI=1S/C18H30N4.2ClH/c1-15-14-20-9-4-17(15)22-13-12-21-16-2-5-18(6-3-16)7-10-19-11-8-18;;/h4,9,14,16,19,21H,2-3,5-8,10-13H2,1H3,(H,20,22);2*1H. The topological polar surface area (TPSA) is 49.0 Å². The van der Waals surface area contributed by atoms with E-state index in [1.807, 2.05) is 12.4 Å². The minimum atomic E-state index is 0. The maximum absolute atomic E-state index is 4.13. The number of rotatable bonds is 5. The molecule has 4 nitrogen and oxygen atoms in total. The number of anilines is 1. The van der Waals surface area contributed by atoms with E-state index in [4.69, 9.17) is 0 Å². The summed E-state index contributed by atoms with van der Waals surface area (Å²) in [6.45, 7) is 6.58. The van der Waals surface area contributed by atoms with Crippen LogP contribution in [-0.4, -0.2) is 37.2 Å². The summed E-state index contributed by atoms with van der Waals surface area (Å²) in [5.41, 5.74) is 3.10. The summed E-state index contributed by atoms with van der Waals surface area (Å²) in [5.74, 6) is 0. The Bertz CT molecular complexity index is 468. The zero-order valence-corrected chi connectivity index (χ0v) is 16.3. The molecule has 0 radical (unpaired) electrons. The highest BCUT2D eigenvalue weighted by Crippen LogP contribution is 2.43. The molecule has 2 aliphatic rings. The van der Waals surface area contributed by atoms with E-state index in [2.05, 4.69) is 33.9 Å². The quantitative estimate of drug-likeness (QED) is 0.689. The van der Waals surface area contributed by atoms with E-state index in [1.54, 1.807) is 0 Å². The van der Waals surface area contributed by atoms with Gasteiger partial charge in [0.25, 0.3) is 0 Å². The fourth-order valence-corrected chi connectivity index (χ4v) is 4.04. The molecule has 0 bridgehead atoms. The van der Waals surface area contributed by atoms with Crippen molar-refractivity contribution in [2.45, 2.75) is 51.5 Å². The molecule has 3 rings (SSSR count). The normalized spacial score (nSPS) is 20.0. The average molecular weight is 375 g/mol. The number of hydrogen-bond donors (Lipinski definition) is 3. The lowest BCUT2D eigenvalue weighted by Gasteiger charge is -2.43. The first-order chi connectivity index (χ1) is 10.8. The molecule has 0 unspecified atom stereocenters. The predicted octanol–water partition coefficient (Wildman–Crippen LogP) is 3.55. The van der Waals surface area contributed by atoms with Gasteiger partial charge in [-0.1, -0.05) is 0 Å². The van der Waals surface area contributed by atoms with Gasteiger partial charge in [0.15, 0.2) is 0 Å². The molecule has 24 heavy (non-hydrogen) atoms. The van der Waals surface area contributed by atoms with Crippen LogP contribution in [0.15, 0.2) is 18.5 Å². The summed E-state index contributed by atoms with van der Waals surface area (Å²) in [6, 6.07) is 2.78. The number of hydrogen-bond acceptors (Lipinski definition) is 4. The summed E-state index contributed by atoms with van der Waals surface area (Å²) >= 11 is 0. The molecule has 1 aliphatic carbocycles. The van der Waals surface area contributed by atoms with Crippen LogP contribution >= 0.6 is 24.8 Å². The molecule has 1 saturated heterocycles. The zero-order valence-electron chi connectivity index (χ0n) is 14.6. The Labute approximate surface area is 158 Å². The minimum Gasteiger partial charge on any atom is -0.383 e. The molecule has 6 heteroatoms. The van der Waals surface area contributed by atoms with Crippen LogP contribution in [0.25, 0.3) is 0 Å². The van der Waals surface area contributed by atoms with Crippen LogP contribution in [0.4, 0.5) is 5.69 Å². The maximum atomic E-state index is 4.13. The van der Waals surface area contributed by atoms with E-state index in [1.165, 1.54) is 62.9 Å². The number of halogens is 2. The highest BCUT2D eigenvalue weighted by molar-refractivity contribution is 5.85. The van der Waals surface area contributed by atoms with Crippen molar-refractivity contribution in [3.8, 4) is 0 Å². The smallest absolute Gasteiger partial charge is 0.0401 e. The van der Waals surface area contributed by atoms with Crippen LogP contribution in [0.5, 0.6) is 0 Å². The largest absolute Gasteiger partial charge is 0.383 e. The zero-order chi connectivity index (χ0) is 15.3. The van der Waals surface area contributed by atoms with Crippen molar-refractivity contribution in [1.29, 1.82) is 0 Å². The third-order valence-electron chi connectivity index (χ3n) is 5.60. The first kappa shape index (κ1) is 21.5. The molecule has 1 saturated carbocycles. The molecular weight excluding hydrogens is 343 g/mol. The van der Waals surface area contributed by atoms with Gasteiger partial charge in [0.05, 0.1) is 0 Å². The second kappa shape index (κ2) is 10.4. The predicted molar refractivity (Wildman–Crippen MR) is 107 cm³/mol. The van der Waals surface area contributed by atoms with Crippen LogP contribution < -0.4 is 16.0 Å². The molecule has 3 N–H and O–H groups in total. The lowest BCUT2D eigenvalue weighted by Crippen LogP contribution is -2.43. The van der Waals surface area contributed by atoms with Gasteiger partial charge >= 0.3 is 0 Å². The third-order valence-corrected chi connectivity index (χ3v) is 5.60. The molecule has 138 valence electrons. The molecule has 2 heterocycles. The molecule has 2 fully saturated rings. The number of aromatic nitrogens is 1. The van der Waals surface area contributed by atoms with Crippen molar-refractivity contribution in [2.24, 2.45) is 5.41 Å². The van der Waals surface area contributed by atoms with E-state index < -0.39 is 0 Å². The van der Waals surface area contributed by atoms with E-state index in [0.29, 0.717) is 5.41 Å². The van der Waals surface area contributed by atoms with Crippen molar-refractivity contribution in [2.75, 3.05) is 31.5 Å². The van der Waals surface area contributed by atoms with Crippen LogP contribution in [0.2, 0.25) is 0 Å². The lowest BCUT2D eigenvalue weighted by molar-refractivity contribution is 0.116. The fraction of sp³-hybridized carbons (Fsp3) is 0.722. The highest BCUT2D eigenvalue weighted by Gasteiger charge is 2.35. The monoisotopic (exact) mass is 374 g/mol. The summed E-state index contributed by atoms with van der Waals surface area (Å²) in [4.78, 5) is 4.13. The number of aryl methyl sites for hydroxylation is 1. The van der Waals surface area contributed by atoms with Crippen molar-refractivity contribution in [3.05, 3.63) is 24.0 Å². The van der Waals surface area contributed by atoms with Crippen molar-refractivity contribution < 1.29 is 0 Å². The second-order valence-electron chi connectivity index (χ2n) is 7.10. The van der Waals surface area contributed by atoms with Crippen molar-refractivity contribution >= 4 is 30.5 Å². The molecule has 0 atom stereocenters. The van der Waals surface area contributed by atoms with Crippen LogP contribution in [0.3, 0.4) is 0 Å². The SMILES string of the molecule is Cc1cnccc1NCCNC1CCC2(CCNCC2)CC1.Cl.Cl. The van der Waals surface area contributed by atoms with Gasteiger partial charge in [0.2, 0.25) is 0 Å². The van der Waals surface area contributed by atoms with Gasteiger partial charge in [-0.3, -0.25) is 4.98 Å². The highest BCUT2D eigenvalue weighted by atomic mass is 35.5. The van der Waals surface area contributed by atoms with Gasteiger partial charge in [-0.05, 0) is 75.6 Å². The van der Waals surface area contributed by atoms with Gasteiger partial charge in [-0.25, -0.2) is 0 Å². The third kappa shape index (κ3) is 5.76. The van der Waals surface area contributed by atoms with Crippen molar-refractivity contribution in [3.63, 3.8) is 0 Å². The summed E-state index contributed by atoms with van der Waals surface area (Å²) in [5, 5.41) is 10.7. The summed E-state index contributed by atoms with van der Waals surface area (Å²) in [6.07, 6.45) is 12.1. The molecule has 0 aromatic carbocycles. The Morgan fingerprint density at radius 2 is 1.83 bits per heavy atom. The summed E-state index contributed by atoms with van der Waals surface area (Å²) < 4.78 is 0. The molecule has 1 aromatic rings. The number of pyridine rings is 1. The van der Waals surface area contributed by atoms with Gasteiger partial charge in [-0.2, -0.15) is 0 Å². The molecule has 1 aliphatic heterocycles. The van der Waals surface area contributed by atoms with Crippen LogP contribution in [-0.2, 0) is 0 Å². The Morgan fingerprint density at radius 1 is 1.12 bits per heavy atom.